The Hall–Kier alpha value is -2.24. The first-order valence-corrected chi connectivity index (χ1v) is 7.76. The Bertz CT molecular complexity index is 802. The lowest BCUT2D eigenvalue weighted by Crippen LogP contribution is -2.21. The SMILES string of the molecule is COCCN(C)c1ccc2[nH]nc(Nc3cccc(Cl)c3)c2c1. The first-order valence-electron chi connectivity index (χ1n) is 7.38. The minimum Gasteiger partial charge on any atom is -0.383 e. The Balaban J connectivity index is 1.89. The fraction of sp³-hybridized carbons (Fsp3) is 0.235. The third-order valence-electron chi connectivity index (χ3n) is 3.71. The first kappa shape index (κ1) is 15.6. The molecule has 0 bridgehead atoms. The Labute approximate surface area is 140 Å². The Morgan fingerprint density at radius 1 is 1.26 bits per heavy atom. The Morgan fingerprint density at radius 2 is 2.13 bits per heavy atom. The highest BCUT2D eigenvalue weighted by atomic mass is 35.5. The topological polar surface area (TPSA) is 53.2 Å². The number of nitrogens with one attached hydrogen (secondary N) is 2. The van der Waals surface area contributed by atoms with Crippen LogP contribution in [0.5, 0.6) is 0 Å². The summed E-state index contributed by atoms with van der Waals surface area (Å²) < 4.78 is 5.14. The lowest BCUT2D eigenvalue weighted by molar-refractivity contribution is 0.206. The summed E-state index contributed by atoms with van der Waals surface area (Å²) in [5.74, 6) is 0.782. The van der Waals surface area contributed by atoms with Crippen molar-refractivity contribution in [2.45, 2.75) is 0 Å². The predicted molar refractivity (Wildman–Crippen MR) is 96.0 cm³/mol. The van der Waals surface area contributed by atoms with Crippen LogP contribution in [-0.2, 0) is 4.74 Å². The van der Waals surface area contributed by atoms with Gasteiger partial charge in [-0.25, -0.2) is 0 Å². The van der Waals surface area contributed by atoms with Crippen LogP contribution in [0.4, 0.5) is 17.2 Å². The average Bonchev–Trinajstić information content (AvgIpc) is 2.95. The maximum atomic E-state index is 6.03. The number of benzene rings is 2. The van der Waals surface area contributed by atoms with E-state index in [4.69, 9.17) is 16.3 Å². The molecule has 3 rings (SSSR count). The second-order valence-electron chi connectivity index (χ2n) is 5.35. The van der Waals surface area contributed by atoms with Gasteiger partial charge in [0, 0.05) is 42.5 Å². The molecular formula is C17H19ClN4O. The van der Waals surface area contributed by atoms with Crippen LogP contribution in [0.25, 0.3) is 10.9 Å². The number of rotatable bonds is 6. The molecule has 0 aliphatic rings. The predicted octanol–water partition coefficient (Wildman–Crippen LogP) is 4.04. The van der Waals surface area contributed by atoms with Crippen LogP contribution in [-0.4, -0.2) is 37.5 Å². The standard InChI is InChI=1S/C17H19ClN4O/c1-22(8-9-23-2)14-6-7-16-15(11-14)17(21-20-16)19-13-5-3-4-12(18)10-13/h3-7,10-11H,8-9H2,1-2H3,(H2,19,20,21). The monoisotopic (exact) mass is 330 g/mol. The number of hydrogen-bond donors (Lipinski definition) is 2. The van der Waals surface area contributed by atoms with Crippen LogP contribution in [0.3, 0.4) is 0 Å². The highest BCUT2D eigenvalue weighted by Crippen LogP contribution is 2.28. The molecule has 3 aromatic rings. The van der Waals surface area contributed by atoms with Crippen molar-refractivity contribution in [3.05, 3.63) is 47.5 Å². The highest BCUT2D eigenvalue weighted by molar-refractivity contribution is 6.30. The number of aromatic amines is 1. The minimum absolute atomic E-state index is 0.688. The number of anilines is 3. The zero-order valence-electron chi connectivity index (χ0n) is 13.1. The largest absolute Gasteiger partial charge is 0.383 e. The van der Waals surface area contributed by atoms with Gasteiger partial charge < -0.3 is 15.0 Å². The number of ether oxygens (including phenoxy) is 1. The van der Waals surface area contributed by atoms with Gasteiger partial charge >= 0.3 is 0 Å². The van der Waals surface area contributed by atoms with Gasteiger partial charge in [-0.05, 0) is 36.4 Å². The number of aromatic nitrogens is 2. The van der Waals surface area contributed by atoms with Crippen molar-refractivity contribution in [2.24, 2.45) is 0 Å². The number of H-pyrrole nitrogens is 1. The number of hydrogen-bond acceptors (Lipinski definition) is 4. The smallest absolute Gasteiger partial charge is 0.160 e. The van der Waals surface area contributed by atoms with E-state index in [2.05, 4.69) is 32.5 Å². The van der Waals surface area contributed by atoms with Gasteiger partial charge in [-0.15, -0.1) is 0 Å². The molecule has 1 heterocycles. The number of nitrogens with zero attached hydrogens (tertiary/aromatic N) is 2. The van der Waals surface area contributed by atoms with Crippen LogP contribution < -0.4 is 10.2 Å². The van der Waals surface area contributed by atoms with E-state index in [0.29, 0.717) is 11.6 Å². The summed E-state index contributed by atoms with van der Waals surface area (Å²) in [6.07, 6.45) is 0. The molecule has 2 N–H and O–H groups in total. The lowest BCUT2D eigenvalue weighted by Gasteiger charge is -2.18. The van der Waals surface area contributed by atoms with Gasteiger partial charge in [-0.3, -0.25) is 5.10 Å². The molecular weight excluding hydrogens is 312 g/mol. The van der Waals surface area contributed by atoms with E-state index < -0.39 is 0 Å². The van der Waals surface area contributed by atoms with E-state index in [9.17, 15) is 0 Å². The Kier molecular flexibility index (Phi) is 4.69. The molecule has 6 heteroatoms. The highest BCUT2D eigenvalue weighted by Gasteiger charge is 2.09. The molecule has 0 amide bonds. The van der Waals surface area contributed by atoms with Crippen molar-refractivity contribution in [1.29, 1.82) is 0 Å². The summed E-state index contributed by atoms with van der Waals surface area (Å²) in [5.41, 5.74) is 3.01. The molecule has 0 saturated heterocycles. The fourth-order valence-corrected chi connectivity index (χ4v) is 2.59. The molecule has 2 aromatic carbocycles. The number of fused-ring (bicyclic) bond motifs is 1. The zero-order valence-corrected chi connectivity index (χ0v) is 13.9. The van der Waals surface area contributed by atoms with Gasteiger partial charge in [-0.2, -0.15) is 5.10 Å². The van der Waals surface area contributed by atoms with E-state index in [1.165, 1.54) is 0 Å². The van der Waals surface area contributed by atoms with Crippen LogP contribution >= 0.6 is 11.6 Å². The van der Waals surface area contributed by atoms with Gasteiger partial charge in [-0.1, -0.05) is 17.7 Å². The third kappa shape index (κ3) is 3.57. The third-order valence-corrected chi connectivity index (χ3v) is 3.94. The summed E-state index contributed by atoms with van der Waals surface area (Å²) in [4.78, 5) is 2.15. The van der Waals surface area contributed by atoms with Crippen molar-refractivity contribution in [3.63, 3.8) is 0 Å². The summed E-state index contributed by atoms with van der Waals surface area (Å²) in [6, 6.07) is 13.8. The van der Waals surface area contributed by atoms with E-state index in [1.807, 2.05) is 37.4 Å². The summed E-state index contributed by atoms with van der Waals surface area (Å²) in [6.45, 7) is 1.52. The first-order chi connectivity index (χ1) is 11.2. The van der Waals surface area contributed by atoms with Gasteiger partial charge in [0.25, 0.3) is 0 Å². The zero-order chi connectivity index (χ0) is 16.2. The molecule has 23 heavy (non-hydrogen) atoms. The normalized spacial score (nSPS) is 10.9. The van der Waals surface area contributed by atoms with E-state index in [-0.39, 0.29) is 0 Å². The van der Waals surface area contributed by atoms with Crippen LogP contribution in [0.15, 0.2) is 42.5 Å². The van der Waals surface area contributed by atoms with Crippen LogP contribution in [0, 0.1) is 0 Å². The molecule has 0 spiro atoms. The second kappa shape index (κ2) is 6.89. The molecule has 0 saturated carbocycles. The van der Waals surface area contributed by atoms with Crippen LogP contribution in [0.2, 0.25) is 5.02 Å². The maximum Gasteiger partial charge on any atom is 0.160 e. The fourth-order valence-electron chi connectivity index (χ4n) is 2.39. The lowest BCUT2D eigenvalue weighted by atomic mass is 10.2. The summed E-state index contributed by atoms with van der Waals surface area (Å²) in [7, 11) is 3.75. The molecule has 0 aliphatic carbocycles. The number of likely N-dealkylation sites (N-methyl/N-ethyl adjacent to an activating group) is 1. The van der Waals surface area contributed by atoms with Crippen molar-refractivity contribution in [2.75, 3.05) is 37.5 Å². The van der Waals surface area contributed by atoms with E-state index >= 15 is 0 Å². The van der Waals surface area contributed by atoms with E-state index in [0.717, 1.165) is 34.6 Å². The molecule has 0 fully saturated rings. The molecule has 1 aromatic heterocycles. The molecule has 120 valence electrons. The maximum absolute atomic E-state index is 6.03. The van der Waals surface area contributed by atoms with Gasteiger partial charge in [0.15, 0.2) is 5.82 Å². The van der Waals surface area contributed by atoms with Crippen molar-refractivity contribution >= 4 is 39.7 Å². The Morgan fingerprint density at radius 3 is 2.91 bits per heavy atom. The van der Waals surface area contributed by atoms with Crippen molar-refractivity contribution < 1.29 is 4.74 Å². The molecule has 0 aliphatic heterocycles. The summed E-state index contributed by atoms with van der Waals surface area (Å²) in [5, 5.41) is 12.4. The quantitative estimate of drug-likeness (QED) is 0.716. The molecule has 0 atom stereocenters. The second-order valence-corrected chi connectivity index (χ2v) is 5.79. The molecule has 0 unspecified atom stereocenters. The van der Waals surface area contributed by atoms with Gasteiger partial charge in [0.05, 0.1) is 12.1 Å². The van der Waals surface area contributed by atoms with Crippen molar-refractivity contribution in [3.8, 4) is 0 Å². The molecule has 5 nitrogen and oxygen atoms in total. The number of methoxy groups -OCH3 is 1. The van der Waals surface area contributed by atoms with Gasteiger partial charge in [0.1, 0.15) is 0 Å². The molecule has 0 radical (unpaired) electrons. The van der Waals surface area contributed by atoms with Crippen LogP contribution in [0.1, 0.15) is 0 Å². The number of halogens is 1. The summed E-state index contributed by atoms with van der Waals surface area (Å²) >= 11 is 6.03. The minimum atomic E-state index is 0.688. The van der Waals surface area contributed by atoms with Crippen molar-refractivity contribution in [1.82, 2.24) is 10.2 Å². The average molecular weight is 331 g/mol. The van der Waals surface area contributed by atoms with E-state index in [1.54, 1.807) is 7.11 Å². The van der Waals surface area contributed by atoms with Gasteiger partial charge in [0.2, 0.25) is 0 Å².